The molecule has 0 saturated carbocycles. The smallest absolute Gasteiger partial charge is 0.243 e. The number of nitrogens with one attached hydrogen (secondary N) is 1. The van der Waals surface area contributed by atoms with E-state index in [0.717, 1.165) is 16.3 Å². The van der Waals surface area contributed by atoms with E-state index >= 15 is 0 Å². The number of rotatable bonds is 2. The highest BCUT2D eigenvalue weighted by Gasteiger charge is 2.28. The maximum absolute atomic E-state index is 12.5. The van der Waals surface area contributed by atoms with Crippen molar-refractivity contribution in [2.24, 2.45) is 5.10 Å². The van der Waals surface area contributed by atoms with Crippen LogP contribution in [0.15, 0.2) is 60.0 Å². The second-order valence-electron chi connectivity index (χ2n) is 4.68. The Balaban J connectivity index is 1.82. The molecule has 5 nitrogen and oxygen atoms in total. The van der Waals surface area contributed by atoms with Gasteiger partial charge in [0, 0.05) is 28.9 Å². The molecule has 1 aliphatic rings. The van der Waals surface area contributed by atoms with Crippen LogP contribution in [0.1, 0.15) is 15.9 Å². The Hall–Kier alpha value is -3.08. The summed E-state index contributed by atoms with van der Waals surface area (Å²) in [4.78, 5) is 20.5. The number of hydrogen-bond acceptors (Lipinski definition) is 5. The van der Waals surface area contributed by atoms with E-state index in [1.54, 1.807) is 18.5 Å². The molecule has 100 valence electrons. The van der Waals surface area contributed by atoms with Gasteiger partial charge in [0.05, 0.1) is 0 Å². The number of aromatic nitrogens is 2. The topological polar surface area (TPSA) is 67.2 Å². The van der Waals surface area contributed by atoms with E-state index in [2.05, 4.69) is 20.5 Å². The quantitative estimate of drug-likeness (QED) is 0.729. The highest BCUT2D eigenvalue weighted by atomic mass is 16.1. The Morgan fingerprint density at radius 3 is 2.38 bits per heavy atom. The van der Waals surface area contributed by atoms with Gasteiger partial charge in [0.1, 0.15) is 5.71 Å². The minimum atomic E-state index is -0.0785. The van der Waals surface area contributed by atoms with E-state index in [4.69, 9.17) is 0 Å². The van der Waals surface area contributed by atoms with Gasteiger partial charge in [-0.2, -0.15) is 5.10 Å². The Bertz CT molecular complexity index is 882. The van der Waals surface area contributed by atoms with Gasteiger partial charge >= 0.3 is 0 Å². The summed E-state index contributed by atoms with van der Waals surface area (Å²) >= 11 is 0. The molecule has 3 aromatic rings. The molecule has 0 spiro atoms. The summed E-state index contributed by atoms with van der Waals surface area (Å²) in [7, 11) is 0. The SMILES string of the molecule is O=C1/C(=N\Nc2ncccn2)c2cccc3cccc1c23. The van der Waals surface area contributed by atoms with Crippen molar-refractivity contribution in [2.45, 2.75) is 0 Å². The summed E-state index contributed by atoms with van der Waals surface area (Å²) in [5, 5.41) is 6.21. The van der Waals surface area contributed by atoms with E-state index in [0.29, 0.717) is 17.2 Å². The van der Waals surface area contributed by atoms with E-state index in [-0.39, 0.29) is 5.78 Å². The molecule has 1 aliphatic carbocycles. The predicted octanol–water partition coefficient (Wildman–Crippen LogP) is 2.64. The standard InChI is InChI=1S/C16H10N4O/c21-15-12-7-2-5-10-4-1-6-11(13(10)12)14(15)19-20-16-17-8-3-9-18-16/h1-9H,(H,17,18,20)/b19-14-. The van der Waals surface area contributed by atoms with Gasteiger partial charge in [-0.05, 0) is 11.5 Å². The number of hydrazone groups is 1. The van der Waals surface area contributed by atoms with Gasteiger partial charge in [-0.25, -0.2) is 15.4 Å². The highest BCUT2D eigenvalue weighted by molar-refractivity contribution is 6.59. The van der Waals surface area contributed by atoms with Crippen LogP contribution in [0.4, 0.5) is 5.95 Å². The minimum absolute atomic E-state index is 0.0785. The minimum Gasteiger partial charge on any atom is -0.287 e. The van der Waals surface area contributed by atoms with E-state index in [1.807, 2.05) is 36.4 Å². The van der Waals surface area contributed by atoms with Gasteiger partial charge in [-0.3, -0.25) is 4.79 Å². The van der Waals surface area contributed by atoms with Crippen LogP contribution >= 0.6 is 0 Å². The summed E-state index contributed by atoms with van der Waals surface area (Å²) in [5.74, 6) is 0.283. The fourth-order valence-corrected chi connectivity index (χ4v) is 2.55. The van der Waals surface area contributed by atoms with Crippen LogP contribution in [0.25, 0.3) is 10.8 Å². The number of ketones is 1. The van der Waals surface area contributed by atoms with Crippen LogP contribution in [-0.4, -0.2) is 21.5 Å². The molecule has 5 heteroatoms. The Kier molecular flexibility index (Phi) is 2.50. The molecular formula is C16H10N4O. The summed E-state index contributed by atoms with van der Waals surface area (Å²) in [5.41, 5.74) is 4.67. The van der Waals surface area contributed by atoms with Crippen molar-refractivity contribution in [3.05, 3.63) is 66.0 Å². The maximum Gasteiger partial charge on any atom is 0.243 e. The molecule has 21 heavy (non-hydrogen) atoms. The van der Waals surface area contributed by atoms with Gasteiger partial charge < -0.3 is 0 Å². The normalized spacial score (nSPS) is 14.9. The molecule has 1 N–H and O–H groups in total. The number of benzene rings is 2. The Labute approximate surface area is 120 Å². The summed E-state index contributed by atoms with van der Waals surface area (Å²) in [6.45, 7) is 0. The van der Waals surface area contributed by atoms with Gasteiger partial charge in [-0.1, -0.05) is 36.4 Å². The average Bonchev–Trinajstić information content (AvgIpc) is 2.81. The third-order valence-electron chi connectivity index (χ3n) is 3.45. The first-order valence-corrected chi connectivity index (χ1v) is 6.52. The van der Waals surface area contributed by atoms with Crippen molar-refractivity contribution in [3.63, 3.8) is 0 Å². The zero-order valence-electron chi connectivity index (χ0n) is 10.9. The van der Waals surface area contributed by atoms with Crippen LogP contribution in [0, 0.1) is 0 Å². The predicted molar refractivity (Wildman–Crippen MR) is 80.5 cm³/mol. The van der Waals surface area contributed by atoms with Crippen molar-refractivity contribution in [3.8, 4) is 0 Å². The first kappa shape index (κ1) is 11.7. The summed E-state index contributed by atoms with van der Waals surface area (Å²) in [6, 6.07) is 13.2. The lowest BCUT2D eigenvalue weighted by Crippen LogP contribution is -2.11. The van der Waals surface area contributed by atoms with Gasteiger partial charge in [0.25, 0.3) is 0 Å². The van der Waals surface area contributed by atoms with E-state index in [9.17, 15) is 4.79 Å². The molecule has 0 saturated heterocycles. The fraction of sp³-hybridized carbons (Fsp3) is 0. The molecule has 0 amide bonds. The van der Waals surface area contributed by atoms with Crippen molar-refractivity contribution < 1.29 is 4.79 Å². The molecule has 0 radical (unpaired) electrons. The highest BCUT2D eigenvalue weighted by Crippen LogP contribution is 2.30. The first-order chi connectivity index (χ1) is 10.3. The molecule has 4 rings (SSSR count). The number of carbonyl (C=O) groups excluding carboxylic acids is 1. The molecule has 2 aromatic carbocycles. The lowest BCUT2D eigenvalue weighted by molar-refractivity contribution is 0.107. The largest absolute Gasteiger partial charge is 0.287 e. The third-order valence-corrected chi connectivity index (χ3v) is 3.45. The summed E-state index contributed by atoms with van der Waals surface area (Å²) in [6.07, 6.45) is 3.23. The molecule has 0 unspecified atom stereocenters. The zero-order valence-corrected chi connectivity index (χ0v) is 10.9. The average molecular weight is 274 g/mol. The van der Waals surface area contributed by atoms with Gasteiger partial charge in [0.2, 0.25) is 11.7 Å². The van der Waals surface area contributed by atoms with E-state index < -0.39 is 0 Å². The fourth-order valence-electron chi connectivity index (χ4n) is 2.55. The van der Waals surface area contributed by atoms with Gasteiger partial charge in [0.15, 0.2) is 0 Å². The van der Waals surface area contributed by atoms with E-state index in [1.165, 1.54) is 0 Å². The van der Waals surface area contributed by atoms with Crippen molar-refractivity contribution in [2.75, 3.05) is 5.43 Å². The molecule has 1 heterocycles. The lowest BCUT2D eigenvalue weighted by atomic mass is 10.1. The van der Waals surface area contributed by atoms with Crippen LogP contribution in [-0.2, 0) is 0 Å². The zero-order chi connectivity index (χ0) is 14.2. The van der Waals surface area contributed by atoms with Crippen molar-refractivity contribution >= 4 is 28.2 Å². The van der Waals surface area contributed by atoms with Gasteiger partial charge in [-0.15, -0.1) is 0 Å². The van der Waals surface area contributed by atoms with Crippen LogP contribution in [0.2, 0.25) is 0 Å². The number of hydrogen-bond donors (Lipinski definition) is 1. The molecule has 0 bridgehead atoms. The lowest BCUT2D eigenvalue weighted by Gasteiger charge is -2.00. The molecule has 0 fully saturated rings. The summed E-state index contributed by atoms with van der Waals surface area (Å²) < 4.78 is 0. The van der Waals surface area contributed by atoms with Crippen LogP contribution in [0.3, 0.4) is 0 Å². The Morgan fingerprint density at radius 1 is 0.905 bits per heavy atom. The second-order valence-corrected chi connectivity index (χ2v) is 4.68. The molecule has 1 aromatic heterocycles. The first-order valence-electron chi connectivity index (χ1n) is 6.52. The number of anilines is 1. The van der Waals surface area contributed by atoms with Crippen molar-refractivity contribution in [1.82, 2.24) is 9.97 Å². The third kappa shape index (κ3) is 1.79. The Morgan fingerprint density at radius 2 is 1.62 bits per heavy atom. The number of carbonyl (C=O) groups is 1. The molecule has 0 atom stereocenters. The number of nitrogens with zero attached hydrogens (tertiary/aromatic N) is 3. The molecular weight excluding hydrogens is 264 g/mol. The monoisotopic (exact) mass is 274 g/mol. The van der Waals surface area contributed by atoms with Crippen LogP contribution in [0.5, 0.6) is 0 Å². The maximum atomic E-state index is 12.5. The second kappa shape index (κ2) is 4.49. The van der Waals surface area contributed by atoms with Crippen LogP contribution < -0.4 is 5.43 Å². The van der Waals surface area contributed by atoms with Crippen molar-refractivity contribution in [1.29, 1.82) is 0 Å². The number of Topliss-reactive ketones (excluding diaryl/α,β-unsaturated/α-hetero) is 1. The molecule has 0 aliphatic heterocycles.